The number of aromatic nitrogens is 2. The molecular formula is C19H32N4O3. The Morgan fingerprint density at radius 2 is 2.12 bits per heavy atom. The Bertz CT molecular complexity index is 569. The first kappa shape index (κ1) is 19.3. The van der Waals surface area contributed by atoms with Crippen LogP contribution in [0.25, 0.3) is 0 Å². The molecule has 7 nitrogen and oxygen atoms in total. The summed E-state index contributed by atoms with van der Waals surface area (Å²) < 4.78 is 11.0. The monoisotopic (exact) mass is 364 g/mol. The van der Waals surface area contributed by atoms with Crippen LogP contribution in [-0.4, -0.2) is 71.3 Å². The number of nitrogens with zero attached hydrogens (tertiary/aromatic N) is 4. The van der Waals surface area contributed by atoms with Crippen LogP contribution in [0.15, 0.2) is 4.52 Å². The zero-order valence-corrected chi connectivity index (χ0v) is 16.2. The van der Waals surface area contributed by atoms with Crippen molar-refractivity contribution in [1.82, 2.24) is 19.9 Å². The fourth-order valence-electron chi connectivity index (χ4n) is 3.63. The Kier molecular flexibility index (Phi) is 7.02. The summed E-state index contributed by atoms with van der Waals surface area (Å²) in [6.45, 7) is 9.69. The van der Waals surface area contributed by atoms with Gasteiger partial charge in [-0.15, -0.1) is 0 Å². The first-order valence-electron chi connectivity index (χ1n) is 10.1. The van der Waals surface area contributed by atoms with Crippen molar-refractivity contribution in [2.45, 2.75) is 64.4 Å². The zero-order valence-electron chi connectivity index (χ0n) is 16.2. The third-order valence-corrected chi connectivity index (χ3v) is 5.21. The molecule has 2 fully saturated rings. The molecule has 2 aliphatic rings. The van der Waals surface area contributed by atoms with Crippen molar-refractivity contribution in [3.63, 3.8) is 0 Å². The average Bonchev–Trinajstić information content (AvgIpc) is 3.24. The fourth-order valence-corrected chi connectivity index (χ4v) is 3.63. The molecule has 3 heterocycles. The van der Waals surface area contributed by atoms with E-state index in [1.54, 1.807) is 0 Å². The minimum atomic E-state index is 0.243. The van der Waals surface area contributed by atoms with Gasteiger partial charge in [0, 0.05) is 51.5 Å². The quantitative estimate of drug-likeness (QED) is 0.739. The smallest absolute Gasteiger partial charge is 0.226 e. The molecule has 2 aliphatic heterocycles. The van der Waals surface area contributed by atoms with Gasteiger partial charge in [-0.05, 0) is 32.2 Å². The third kappa shape index (κ3) is 5.51. The molecule has 0 saturated carbocycles. The summed E-state index contributed by atoms with van der Waals surface area (Å²) in [6, 6.07) is 0. The summed E-state index contributed by atoms with van der Waals surface area (Å²) in [5, 5.41) is 3.97. The second-order valence-electron chi connectivity index (χ2n) is 7.72. The van der Waals surface area contributed by atoms with Crippen molar-refractivity contribution >= 4 is 5.91 Å². The molecule has 1 aromatic heterocycles. The van der Waals surface area contributed by atoms with E-state index in [-0.39, 0.29) is 11.8 Å². The summed E-state index contributed by atoms with van der Waals surface area (Å²) in [4.78, 5) is 21.4. The summed E-state index contributed by atoms with van der Waals surface area (Å²) >= 11 is 0. The molecule has 0 radical (unpaired) electrons. The lowest BCUT2D eigenvalue weighted by molar-refractivity contribution is -0.131. The number of hydrogen-bond acceptors (Lipinski definition) is 6. The molecule has 3 rings (SSSR count). The molecule has 0 N–H and O–H groups in total. The number of amides is 1. The van der Waals surface area contributed by atoms with Crippen LogP contribution in [-0.2, 0) is 16.0 Å². The van der Waals surface area contributed by atoms with E-state index in [0.717, 1.165) is 58.0 Å². The lowest BCUT2D eigenvalue weighted by Crippen LogP contribution is -2.37. The van der Waals surface area contributed by atoms with Crippen LogP contribution in [0.5, 0.6) is 0 Å². The van der Waals surface area contributed by atoms with Crippen molar-refractivity contribution < 1.29 is 14.1 Å². The van der Waals surface area contributed by atoms with Gasteiger partial charge in [0.25, 0.3) is 0 Å². The van der Waals surface area contributed by atoms with Gasteiger partial charge in [-0.1, -0.05) is 19.0 Å². The van der Waals surface area contributed by atoms with Crippen LogP contribution in [0, 0.1) is 0 Å². The third-order valence-electron chi connectivity index (χ3n) is 5.21. The van der Waals surface area contributed by atoms with E-state index in [1.165, 1.54) is 12.8 Å². The summed E-state index contributed by atoms with van der Waals surface area (Å²) in [5.41, 5.74) is 0. The fraction of sp³-hybridized carbons (Fsp3) is 0.842. The number of carbonyl (C=O) groups is 1. The molecule has 0 aromatic carbocycles. The number of carbonyl (C=O) groups excluding carboxylic acids is 1. The molecule has 0 aliphatic carbocycles. The molecule has 0 spiro atoms. The highest BCUT2D eigenvalue weighted by Crippen LogP contribution is 2.15. The van der Waals surface area contributed by atoms with Gasteiger partial charge in [0.05, 0.1) is 6.10 Å². The molecule has 1 aromatic rings. The van der Waals surface area contributed by atoms with Crippen LogP contribution >= 0.6 is 0 Å². The second kappa shape index (κ2) is 9.46. The first-order chi connectivity index (χ1) is 12.6. The van der Waals surface area contributed by atoms with Crippen molar-refractivity contribution in [2.75, 3.05) is 39.3 Å². The standard InChI is InChI=1S/C19H32N4O3/c1-15(2)19-20-17(26-21-19)7-3-8-18(24)23-10-5-9-22(11-12-23)14-16-6-4-13-25-16/h15-16H,3-14H2,1-2H3/t16-/m1/s1. The molecule has 0 unspecified atom stereocenters. The van der Waals surface area contributed by atoms with Gasteiger partial charge in [-0.25, -0.2) is 0 Å². The molecule has 146 valence electrons. The van der Waals surface area contributed by atoms with Crippen molar-refractivity contribution in [3.8, 4) is 0 Å². The molecule has 1 atom stereocenters. The van der Waals surface area contributed by atoms with Crippen molar-refractivity contribution in [3.05, 3.63) is 11.7 Å². The predicted molar refractivity (Wildman–Crippen MR) is 97.9 cm³/mol. The molecule has 7 heteroatoms. The lowest BCUT2D eigenvalue weighted by Gasteiger charge is -2.24. The van der Waals surface area contributed by atoms with Crippen molar-refractivity contribution in [1.29, 1.82) is 0 Å². The minimum absolute atomic E-state index is 0.243. The highest BCUT2D eigenvalue weighted by molar-refractivity contribution is 5.76. The summed E-state index contributed by atoms with van der Waals surface area (Å²) in [7, 11) is 0. The van der Waals surface area contributed by atoms with Gasteiger partial charge >= 0.3 is 0 Å². The Balaban J connectivity index is 1.37. The van der Waals surface area contributed by atoms with E-state index in [0.29, 0.717) is 24.8 Å². The van der Waals surface area contributed by atoms with Gasteiger partial charge in [-0.2, -0.15) is 4.98 Å². The van der Waals surface area contributed by atoms with Gasteiger partial charge in [0.2, 0.25) is 11.8 Å². The average molecular weight is 364 g/mol. The summed E-state index contributed by atoms with van der Waals surface area (Å²) in [6.07, 6.45) is 5.77. The Morgan fingerprint density at radius 1 is 1.23 bits per heavy atom. The molecule has 1 amide bonds. The highest BCUT2D eigenvalue weighted by Gasteiger charge is 2.23. The minimum Gasteiger partial charge on any atom is -0.377 e. The van der Waals surface area contributed by atoms with E-state index < -0.39 is 0 Å². The molecule has 2 saturated heterocycles. The Hall–Kier alpha value is -1.47. The number of aryl methyl sites for hydroxylation is 1. The van der Waals surface area contributed by atoms with Gasteiger partial charge < -0.3 is 14.2 Å². The van der Waals surface area contributed by atoms with Crippen molar-refractivity contribution in [2.24, 2.45) is 0 Å². The Morgan fingerprint density at radius 3 is 2.85 bits per heavy atom. The van der Waals surface area contributed by atoms with Gasteiger partial charge in [-0.3, -0.25) is 9.69 Å². The zero-order chi connectivity index (χ0) is 18.4. The molecule has 0 bridgehead atoms. The van der Waals surface area contributed by atoms with Crippen LogP contribution < -0.4 is 0 Å². The van der Waals surface area contributed by atoms with E-state index in [4.69, 9.17) is 9.26 Å². The van der Waals surface area contributed by atoms with Crippen LogP contribution in [0.2, 0.25) is 0 Å². The Labute approximate surface area is 156 Å². The van der Waals surface area contributed by atoms with Gasteiger partial charge in [0.1, 0.15) is 0 Å². The number of ether oxygens (including phenoxy) is 1. The number of rotatable bonds is 7. The normalized spacial score (nSPS) is 22.1. The largest absolute Gasteiger partial charge is 0.377 e. The highest BCUT2D eigenvalue weighted by atomic mass is 16.5. The number of hydrogen-bond donors (Lipinski definition) is 0. The van der Waals surface area contributed by atoms with Crippen LogP contribution in [0.4, 0.5) is 0 Å². The van der Waals surface area contributed by atoms with Crippen LogP contribution in [0.1, 0.15) is 63.6 Å². The molecular weight excluding hydrogens is 332 g/mol. The second-order valence-corrected chi connectivity index (χ2v) is 7.72. The lowest BCUT2D eigenvalue weighted by atomic mass is 10.2. The van der Waals surface area contributed by atoms with E-state index >= 15 is 0 Å². The van der Waals surface area contributed by atoms with Crippen LogP contribution in [0.3, 0.4) is 0 Å². The molecule has 26 heavy (non-hydrogen) atoms. The van der Waals surface area contributed by atoms with E-state index in [2.05, 4.69) is 15.0 Å². The SMILES string of the molecule is CC(C)c1noc(CCCC(=O)N2CCCN(C[C@H]3CCCO3)CC2)n1. The predicted octanol–water partition coefficient (Wildman–Crippen LogP) is 2.23. The first-order valence-corrected chi connectivity index (χ1v) is 10.1. The topological polar surface area (TPSA) is 71.7 Å². The maximum Gasteiger partial charge on any atom is 0.226 e. The summed E-state index contributed by atoms with van der Waals surface area (Å²) in [5.74, 6) is 1.89. The van der Waals surface area contributed by atoms with E-state index in [9.17, 15) is 4.79 Å². The maximum absolute atomic E-state index is 12.5. The van der Waals surface area contributed by atoms with E-state index in [1.807, 2.05) is 18.7 Å². The maximum atomic E-state index is 12.5. The van der Waals surface area contributed by atoms with Gasteiger partial charge in [0.15, 0.2) is 5.82 Å².